The van der Waals surface area contributed by atoms with Crippen LogP contribution in [-0.2, 0) is 11.3 Å². The summed E-state index contributed by atoms with van der Waals surface area (Å²) >= 11 is 0. The number of urea groups is 1. The molecular weight excluding hydrogens is 488 g/mol. The van der Waals surface area contributed by atoms with Gasteiger partial charge in [0.1, 0.15) is 11.6 Å². The van der Waals surface area contributed by atoms with Crippen LogP contribution in [0.25, 0.3) is 33.5 Å². The summed E-state index contributed by atoms with van der Waals surface area (Å²) in [6.07, 6.45) is 1.68. The number of nitrogens with one attached hydrogen (secondary N) is 2. The lowest BCUT2D eigenvalue weighted by Gasteiger charge is -2.32. The van der Waals surface area contributed by atoms with Crippen molar-refractivity contribution in [3.05, 3.63) is 83.9 Å². The Labute approximate surface area is 218 Å². The van der Waals surface area contributed by atoms with Crippen molar-refractivity contribution in [2.75, 3.05) is 13.1 Å². The first-order chi connectivity index (χ1) is 18.4. The van der Waals surface area contributed by atoms with Gasteiger partial charge in [-0.1, -0.05) is 6.07 Å². The summed E-state index contributed by atoms with van der Waals surface area (Å²) < 4.78 is 27.1. The molecule has 2 N–H and O–H groups in total. The van der Waals surface area contributed by atoms with Gasteiger partial charge in [0.25, 0.3) is 0 Å². The van der Waals surface area contributed by atoms with E-state index in [9.17, 15) is 18.4 Å². The molecule has 3 amide bonds. The molecule has 1 atom stereocenters. The number of halogens is 2. The first-order valence-corrected chi connectivity index (χ1v) is 12.5. The van der Waals surface area contributed by atoms with Crippen LogP contribution < -0.4 is 10.6 Å². The molecule has 0 bridgehead atoms. The van der Waals surface area contributed by atoms with Gasteiger partial charge in [-0.15, -0.1) is 0 Å². The molecule has 1 aliphatic rings. The fraction of sp³-hybridized carbons (Fsp3) is 0.241. The Morgan fingerprint density at radius 1 is 0.895 bits per heavy atom. The Morgan fingerprint density at radius 3 is 2.11 bits per heavy atom. The van der Waals surface area contributed by atoms with Crippen LogP contribution in [0.3, 0.4) is 0 Å². The number of fused-ring (bicyclic) bond motifs is 1. The van der Waals surface area contributed by atoms with E-state index in [1.54, 1.807) is 29.2 Å². The summed E-state index contributed by atoms with van der Waals surface area (Å²) in [6, 6.07) is 17.1. The van der Waals surface area contributed by atoms with Crippen LogP contribution in [0.4, 0.5) is 13.6 Å². The van der Waals surface area contributed by atoms with E-state index < -0.39 is 0 Å². The molecule has 5 rings (SSSR count). The molecule has 7 nitrogen and oxygen atoms in total. The van der Waals surface area contributed by atoms with Gasteiger partial charge in [-0.05, 0) is 79.1 Å². The van der Waals surface area contributed by atoms with E-state index in [-0.39, 0.29) is 36.2 Å². The maximum absolute atomic E-state index is 13.6. The van der Waals surface area contributed by atoms with Crippen molar-refractivity contribution in [1.82, 2.24) is 25.5 Å². The highest BCUT2D eigenvalue weighted by atomic mass is 19.1. The quantitative estimate of drug-likeness (QED) is 0.389. The SMILES string of the molecule is CC(=O)N1CCCC(NC(=O)NCc2ccc3nc(-c4ccc(F)cc4)c(-c4ccc(F)cc4)nc3c2)C1. The fourth-order valence-corrected chi connectivity index (χ4v) is 4.63. The van der Waals surface area contributed by atoms with Crippen molar-refractivity contribution in [2.24, 2.45) is 0 Å². The Kier molecular flexibility index (Phi) is 7.26. The number of aromatic nitrogens is 2. The minimum atomic E-state index is -0.361. The zero-order valence-corrected chi connectivity index (χ0v) is 20.9. The number of rotatable bonds is 5. The monoisotopic (exact) mass is 515 g/mol. The van der Waals surface area contributed by atoms with Crippen LogP contribution in [-0.4, -0.2) is 45.9 Å². The number of piperidine rings is 1. The predicted molar refractivity (Wildman–Crippen MR) is 141 cm³/mol. The molecule has 0 saturated carbocycles. The van der Waals surface area contributed by atoms with E-state index in [1.807, 2.05) is 18.2 Å². The smallest absolute Gasteiger partial charge is 0.315 e. The number of carbonyl (C=O) groups is 2. The first kappa shape index (κ1) is 25.3. The van der Waals surface area contributed by atoms with Crippen molar-refractivity contribution in [3.8, 4) is 22.5 Å². The van der Waals surface area contributed by atoms with Crippen LogP contribution in [0.15, 0.2) is 66.7 Å². The second-order valence-corrected chi connectivity index (χ2v) is 9.39. The normalized spacial score (nSPS) is 15.3. The molecule has 1 saturated heterocycles. The Bertz CT molecular complexity index is 1480. The Balaban J connectivity index is 1.37. The highest BCUT2D eigenvalue weighted by molar-refractivity contribution is 5.86. The number of amides is 3. The lowest BCUT2D eigenvalue weighted by Crippen LogP contribution is -2.51. The van der Waals surface area contributed by atoms with Crippen molar-refractivity contribution in [1.29, 1.82) is 0 Å². The molecule has 0 aliphatic carbocycles. The standard InChI is InChI=1S/C29H27F2N5O2/c1-18(37)36-14-2-3-24(17-36)33-29(38)32-16-19-4-13-25-26(15-19)35-28(21-7-11-23(31)12-8-21)27(34-25)20-5-9-22(30)10-6-20/h4-13,15,24H,2-3,14,16-17H2,1H3,(H2,32,33,38). The number of carbonyl (C=O) groups excluding carboxylic acids is 2. The van der Waals surface area contributed by atoms with E-state index in [2.05, 4.69) is 10.6 Å². The van der Waals surface area contributed by atoms with Crippen LogP contribution in [0.2, 0.25) is 0 Å². The van der Waals surface area contributed by atoms with Gasteiger partial charge in [-0.2, -0.15) is 0 Å². The highest BCUT2D eigenvalue weighted by Gasteiger charge is 2.22. The third-order valence-electron chi connectivity index (χ3n) is 6.62. The molecule has 38 heavy (non-hydrogen) atoms. The molecule has 1 fully saturated rings. The minimum absolute atomic E-state index is 0.0109. The molecule has 9 heteroatoms. The predicted octanol–water partition coefficient (Wildman–Crippen LogP) is 5.05. The molecule has 0 radical (unpaired) electrons. The number of benzene rings is 3. The lowest BCUT2D eigenvalue weighted by molar-refractivity contribution is -0.130. The summed E-state index contributed by atoms with van der Waals surface area (Å²) in [5, 5.41) is 5.82. The van der Waals surface area contributed by atoms with Crippen molar-refractivity contribution in [2.45, 2.75) is 32.4 Å². The van der Waals surface area contributed by atoms with E-state index >= 15 is 0 Å². The molecule has 1 unspecified atom stereocenters. The molecular formula is C29H27F2N5O2. The van der Waals surface area contributed by atoms with Gasteiger partial charge in [-0.3, -0.25) is 4.79 Å². The topological polar surface area (TPSA) is 87.2 Å². The third kappa shape index (κ3) is 5.77. The fourth-order valence-electron chi connectivity index (χ4n) is 4.63. The summed E-state index contributed by atoms with van der Waals surface area (Å²) in [4.78, 5) is 35.5. The average molecular weight is 516 g/mol. The third-order valence-corrected chi connectivity index (χ3v) is 6.62. The Hall–Kier alpha value is -4.40. The minimum Gasteiger partial charge on any atom is -0.341 e. The van der Waals surface area contributed by atoms with Crippen LogP contribution in [0.1, 0.15) is 25.3 Å². The molecule has 3 aromatic carbocycles. The number of nitrogens with zero attached hydrogens (tertiary/aromatic N) is 3. The highest BCUT2D eigenvalue weighted by Crippen LogP contribution is 2.31. The van der Waals surface area contributed by atoms with Crippen LogP contribution in [0, 0.1) is 11.6 Å². The summed E-state index contributed by atoms with van der Waals surface area (Å²) in [5.41, 5.74) is 4.54. The maximum Gasteiger partial charge on any atom is 0.315 e. The van der Waals surface area contributed by atoms with Gasteiger partial charge in [-0.25, -0.2) is 23.5 Å². The molecule has 0 spiro atoms. The molecule has 1 aromatic heterocycles. The van der Waals surface area contributed by atoms with Gasteiger partial charge < -0.3 is 15.5 Å². The molecule has 194 valence electrons. The zero-order valence-electron chi connectivity index (χ0n) is 20.9. The molecule has 2 heterocycles. The number of likely N-dealkylation sites (tertiary alicyclic amines) is 1. The van der Waals surface area contributed by atoms with Crippen molar-refractivity contribution < 1.29 is 18.4 Å². The summed E-state index contributed by atoms with van der Waals surface area (Å²) in [5.74, 6) is -0.705. The molecule has 4 aromatic rings. The average Bonchev–Trinajstić information content (AvgIpc) is 2.92. The Morgan fingerprint density at radius 2 is 1.50 bits per heavy atom. The van der Waals surface area contributed by atoms with E-state index in [0.717, 1.165) is 24.9 Å². The largest absolute Gasteiger partial charge is 0.341 e. The van der Waals surface area contributed by atoms with Gasteiger partial charge in [0, 0.05) is 43.7 Å². The van der Waals surface area contributed by atoms with Gasteiger partial charge >= 0.3 is 6.03 Å². The van der Waals surface area contributed by atoms with E-state index in [0.29, 0.717) is 40.1 Å². The summed E-state index contributed by atoms with van der Waals surface area (Å²) in [6.45, 7) is 3.04. The van der Waals surface area contributed by atoms with E-state index in [4.69, 9.17) is 9.97 Å². The number of hydrogen-bond donors (Lipinski definition) is 2. The van der Waals surface area contributed by atoms with Crippen molar-refractivity contribution >= 4 is 23.0 Å². The second kappa shape index (κ2) is 10.9. The van der Waals surface area contributed by atoms with Crippen LogP contribution in [0.5, 0.6) is 0 Å². The number of hydrogen-bond acceptors (Lipinski definition) is 4. The maximum atomic E-state index is 13.6. The summed E-state index contributed by atoms with van der Waals surface area (Å²) in [7, 11) is 0. The lowest BCUT2D eigenvalue weighted by atomic mass is 10.0. The van der Waals surface area contributed by atoms with E-state index in [1.165, 1.54) is 31.2 Å². The molecule has 1 aliphatic heterocycles. The van der Waals surface area contributed by atoms with Gasteiger partial charge in [0.15, 0.2) is 0 Å². The first-order valence-electron chi connectivity index (χ1n) is 12.5. The van der Waals surface area contributed by atoms with Crippen LogP contribution >= 0.6 is 0 Å². The second-order valence-electron chi connectivity index (χ2n) is 9.39. The van der Waals surface area contributed by atoms with Crippen molar-refractivity contribution in [3.63, 3.8) is 0 Å². The zero-order chi connectivity index (χ0) is 26.6. The van der Waals surface area contributed by atoms with Gasteiger partial charge in [0.2, 0.25) is 5.91 Å². The van der Waals surface area contributed by atoms with Gasteiger partial charge in [0.05, 0.1) is 22.4 Å².